The fraction of sp³-hybridized carbons (Fsp3) is 0.474. The number of amides is 1. The smallest absolute Gasteiger partial charge is 0.259 e. The molecule has 1 atom stereocenters. The lowest BCUT2D eigenvalue weighted by atomic mass is 10.1. The highest BCUT2D eigenvalue weighted by Gasteiger charge is 2.28. The molecule has 2 aromatic rings. The highest BCUT2D eigenvalue weighted by atomic mass is 16.5. The average Bonchev–Trinajstić information content (AvgIpc) is 3.22. The van der Waals surface area contributed by atoms with Gasteiger partial charge in [0.1, 0.15) is 17.8 Å². The van der Waals surface area contributed by atoms with Crippen LogP contribution in [0.15, 0.2) is 36.7 Å². The summed E-state index contributed by atoms with van der Waals surface area (Å²) in [5.74, 6) is 0.843. The van der Waals surface area contributed by atoms with Gasteiger partial charge in [0.25, 0.3) is 5.91 Å². The van der Waals surface area contributed by atoms with Crippen molar-refractivity contribution in [2.24, 2.45) is 0 Å². The Kier molecular flexibility index (Phi) is 5.43. The number of likely N-dealkylation sites (tertiary alicyclic amines) is 1. The van der Waals surface area contributed by atoms with Gasteiger partial charge in [0.05, 0.1) is 13.2 Å². The number of aromatic nitrogens is 3. The molecule has 0 aliphatic carbocycles. The van der Waals surface area contributed by atoms with Gasteiger partial charge in [-0.25, -0.2) is 4.98 Å². The fourth-order valence-corrected chi connectivity index (χ4v) is 3.28. The van der Waals surface area contributed by atoms with E-state index < -0.39 is 0 Å². The van der Waals surface area contributed by atoms with Gasteiger partial charge in [-0.05, 0) is 18.2 Å². The Morgan fingerprint density at radius 2 is 1.93 bits per heavy atom. The number of piperidine rings is 1. The lowest BCUT2D eigenvalue weighted by Gasteiger charge is -2.32. The molecule has 27 heavy (non-hydrogen) atoms. The quantitative estimate of drug-likeness (QED) is 0.792. The normalized spacial score (nSPS) is 20.4. The van der Waals surface area contributed by atoms with Gasteiger partial charge in [0.15, 0.2) is 0 Å². The molecule has 142 valence electrons. The summed E-state index contributed by atoms with van der Waals surface area (Å²) >= 11 is 0. The minimum atomic E-state index is -0.0602. The highest BCUT2D eigenvalue weighted by molar-refractivity contribution is 5.96. The summed E-state index contributed by atoms with van der Waals surface area (Å²) in [6, 6.07) is 7.11. The number of hydrogen-bond donors (Lipinski definition) is 0. The lowest BCUT2D eigenvalue weighted by molar-refractivity contribution is 0.0577. The summed E-state index contributed by atoms with van der Waals surface area (Å²) in [6.07, 6.45) is 5.55. The molecular formula is C19H22N4O4. The number of rotatable bonds is 5. The molecule has 0 aromatic carbocycles. The highest BCUT2D eigenvalue weighted by Crippen LogP contribution is 2.23. The number of nitrogens with zero attached hydrogens (tertiary/aromatic N) is 4. The summed E-state index contributed by atoms with van der Waals surface area (Å²) in [5.41, 5.74) is 0.498. The maximum atomic E-state index is 13.0. The Bertz CT molecular complexity index is 759. The van der Waals surface area contributed by atoms with Crippen LogP contribution in [0.5, 0.6) is 11.8 Å². The van der Waals surface area contributed by atoms with Crippen molar-refractivity contribution in [3.05, 3.63) is 42.2 Å². The molecule has 0 radical (unpaired) electrons. The molecule has 2 aliphatic rings. The van der Waals surface area contributed by atoms with E-state index in [2.05, 4.69) is 15.2 Å². The summed E-state index contributed by atoms with van der Waals surface area (Å²) in [6.45, 7) is 2.45. The second-order valence-electron chi connectivity index (χ2n) is 6.63. The van der Waals surface area contributed by atoms with E-state index >= 15 is 0 Å². The van der Waals surface area contributed by atoms with Gasteiger partial charge in [-0.15, -0.1) is 5.10 Å². The second kappa shape index (κ2) is 8.30. The molecule has 8 heteroatoms. The van der Waals surface area contributed by atoms with Crippen molar-refractivity contribution in [3.8, 4) is 11.8 Å². The van der Waals surface area contributed by atoms with Crippen LogP contribution in [0.2, 0.25) is 0 Å². The van der Waals surface area contributed by atoms with Crippen LogP contribution in [-0.2, 0) is 4.74 Å². The molecule has 0 saturated carbocycles. The van der Waals surface area contributed by atoms with Crippen molar-refractivity contribution in [1.29, 1.82) is 0 Å². The SMILES string of the molecule is O=C(c1cccnc1O[C@H]1CCOC1)N1CCC(Oc2cccnn2)CC1. The molecule has 1 amide bonds. The zero-order valence-electron chi connectivity index (χ0n) is 15.0. The predicted molar refractivity (Wildman–Crippen MR) is 95.7 cm³/mol. The van der Waals surface area contributed by atoms with Crippen molar-refractivity contribution in [2.45, 2.75) is 31.5 Å². The van der Waals surface area contributed by atoms with Crippen LogP contribution in [0.3, 0.4) is 0 Å². The van der Waals surface area contributed by atoms with Crippen LogP contribution in [0.25, 0.3) is 0 Å². The first-order valence-corrected chi connectivity index (χ1v) is 9.22. The van der Waals surface area contributed by atoms with E-state index in [0.29, 0.717) is 43.6 Å². The number of carbonyl (C=O) groups is 1. The van der Waals surface area contributed by atoms with Crippen LogP contribution in [-0.4, -0.2) is 64.5 Å². The van der Waals surface area contributed by atoms with Gasteiger partial charge < -0.3 is 19.1 Å². The third kappa shape index (κ3) is 4.33. The Morgan fingerprint density at radius 1 is 1.07 bits per heavy atom. The largest absolute Gasteiger partial charge is 0.473 e. The Morgan fingerprint density at radius 3 is 2.67 bits per heavy atom. The molecule has 2 saturated heterocycles. The Hall–Kier alpha value is -2.74. The number of ether oxygens (including phenoxy) is 3. The van der Waals surface area contributed by atoms with Crippen molar-refractivity contribution in [1.82, 2.24) is 20.1 Å². The zero-order valence-corrected chi connectivity index (χ0v) is 15.0. The van der Waals surface area contributed by atoms with E-state index in [0.717, 1.165) is 19.3 Å². The molecular weight excluding hydrogens is 348 g/mol. The molecule has 4 heterocycles. The topological polar surface area (TPSA) is 86.7 Å². The van der Waals surface area contributed by atoms with Gasteiger partial charge >= 0.3 is 0 Å². The van der Waals surface area contributed by atoms with Gasteiger partial charge in [0.2, 0.25) is 11.8 Å². The van der Waals surface area contributed by atoms with Gasteiger partial charge in [0, 0.05) is 50.8 Å². The number of pyridine rings is 1. The lowest BCUT2D eigenvalue weighted by Crippen LogP contribution is -2.42. The monoisotopic (exact) mass is 370 g/mol. The van der Waals surface area contributed by atoms with E-state index in [-0.39, 0.29) is 18.1 Å². The van der Waals surface area contributed by atoms with Gasteiger partial charge in [-0.3, -0.25) is 4.79 Å². The van der Waals surface area contributed by atoms with E-state index in [1.165, 1.54) is 0 Å². The first-order valence-electron chi connectivity index (χ1n) is 9.22. The van der Waals surface area contributed by atoms with Gasteiger partial charge in [-0.1, -0.05) is 0 Å². The summed E-state index contributed by atoms with van der Waals surface area (Å²) < 4.78 is 17.1. The molecule has 0 unspecified atom stereocenters. The maximum absolute atomic E-state index is 13.0. The first-order chi connectivity index (χ1) is 13.3. The molecule has 4 rings (SSSR count). The Labute approximate surface area is 157 Å². The van der Waals surface area contributed by atoms with E-state index in [4.69, 9.17) is 14.2 Å². The minimum Gasteiger partial charge on any atom is -0.473 e. The molecule has 2 aliphatic heterocycles. The number of carbonyl (C=O) groups excluding carboxylic acids is 1. The number of hydrogen-bond acceptors (Lipinski definition) is 7. The molecule has 0 spiro atoms. The van der Waals surface area contributed by atoms with Crippen molar-refractivity contribution in [2.75, 3.05) is 26.3 Å². The van der Waals surface area contributed by atoms with Crippen LogP contribution in [0.1, 0.15) is 29.6 Å². The summed E-state index contributed by atoms with van der Waals surface area (Å²) in [7, 11) is 0. The van der Waals surface area contributed by atoms with Crippen molar-refractivity contribution < 1.29 is 19.0 Å². The predicted octanol–water partition coefficient (Wildman–Crippen LogP) is 1.72. The summed E-state index contributed by atoms with van der Waals surface area (Å²) in [4.78, 5) is 19.1. The van der Waals surface area contributed by atoms with E-state index in [9.17, 15) is 4.79 Å². The summed E-state index contributed by atoms with van der Waals surface area (Å²) in [5, 5.41) is 7.76. The van der Waals surface area contributed by atoms with E-state index in [1.54, 1.807) is 36.7 Å². The standard InChI is InChI=1S/C19H22N4O4/c24-19(16-3-1-8-20-18(16)27-15-7-12-25-13-15)23-10-5-14(6-11-23)26-17-4-2-9-21-22-17/h1-4,8-9,14-15H,5-7,10-13H2/t15-/m0/s1. The minimum absolute atomic E-state index is 0.0333. The Balaban J connectivity index is 1.36. The second-order valence-corrected chi connectivity index (χ2v) is 6.63. The third-order valence-electron chi connectivity index (χ3n) is 4.73. The average molecular weight is 370 g/mol. The van der Waals surface area contributed by atoms with Crippen LogP contribution >= 0.6 is 0 Å². The fourth-order valence-electron chi connectivity index (χ4n) is 3.28. The molecule has 2 fully saturated rings. The first kappa shape index (κ1) is 17.7. The van der Waals surface area contributed by atoms with E-state index in [1.807, 2.05) is 4.90 Å². The van der Waals surface area contributed by atoms with Crippen LogP contribution in [0, 0.1) is 0 Å². The molecule has 0 N–H and O–H groups in total. The van der Waals surface area contributed by atoms with Crippen LogP contribution < -0.4 is 9.47 Å². The molecule has 2 aromatic heterocycles. The maximum Gasteiger partial charge on any atom is 0.259 e. The zero-order chi connectivity index (χ0) is 18.5. The molecule has 0 bridgehead atoms. The van der Waals surface area contributed by atoms with Crippen LogP contribution in [0.4, 0.5) is 0 Å². The van der Waals surface area contributed by atoms with Crippen molar-refractivity contribution in [3.63, 3.8) is 0 Å². The molecule has 8 nitrogen and oxygen atoms in total. The van der Waals surface area contributed by atoms with Crippen molar-refractivity contribution >= 4 is 5.91 Å². The van der Waals surface area contributed by atoms with Gasteiger partial charge in [-0.2, -0.15) is 5.10 Å². The third-order valence-corrected chi connectivity index (χ3v) is 4.73.